The maximum Gasteiger partial charge on any atom is 0.251 e. The molecular formula is C24H27N3O. The van der Waals surface area contributed by atoms with E-state index < -0.39 is 0 Å². The van der Waals surface area contributed by atoms with Crippen LogP contribution in [-0.2, 0) is 6.54 Å². The van der Waals surface area contributed by atoms with E-state index in [4.69, 9.17) is 0 Å². The minimum absolute atomic E-state index is 0.0670. The molecule has 0 radical (unpaired) electrons. The molecule has 3 aromatic rings. The summed E-state index contributed by atoms with van der Waals surface area (Å²) >= 11 is 0. The number of anilines is 1. The van der Waals surface area contributed by atoms with E-state index >= 15 is 0 Å². The van der Waals surface area contributed by atoms with Crippen LogP contribution >= 0.6 is 0 Å². The summed E-state index contributed by atoms with van der Waals surface area (Å²) in [6.07, 6.45) is 0. The van der Waals surface area contributed by atoms with Gasteiger partial charge in [0.25, 0.3) is 5.91 Å². The number of amides is 1. The van der Waals surface area contributed by atoms with Gasteiger partial charge in [-0.05, 0) is 41.0 Å². The molecule has 1 amide bonds. The summed E-state index contributed by atoms with van der Waals surface area (Å²) < 4.78 is 0. The SMILES string of the molecule is CNC(=O)c1ccc(CNC(c2ccccc2)c2ccc(N(C)C)cc2)cc1. The average molecular weight is 374 g/mol. The average Bonchev–Trinajstić information content (AvgIpc) is 2.75. The van der Waals surface area contributed by atoms with Gasteiger partial charge in [-0.1, -0.05) is 54.6 Å². The predicted octanol–water partition coefficient (Wildman–Crippen LogP) is 3.99. The lowest BCUT2D eigenvalue weighted by Crippen LogP contribution is -2.22. The second-order valence-electron chi connectivity index (χ2n) is 6.99. The largest absolute Gasteiger partial charge is 0.378 e. The van der Waals surface area contributed by atoms with Gasteiger partial charge in [-0.3, -0.25) is 4.79 Å². The van der Waals surface area contributed by atoms with E-state index in [0.717, 1.165) is 5.56 Å². The fourth-order valence-corrected chi connectivity index (χ4v) is 3.18. The van der Waals surface area contributed by atoms with Gasteiger partial charge in [-0.25, -0.2) is 0 Å². The molecule has 1 atom stereocenters. The third kappa shape index (κ3) is 4.78. The Labute approximate surface area is 167 Å². The Balaban J connectivity index is 1.79. The highest BCUT2D eigenvalue weighted by Gasteiger charge is 2.14. The highest BCUT2D eigenvalue weighted by Crippen LogP contribution is 2.24. The fourth-order valence-electron chi connectivity index (χ4n) is 3.18. The first-order valence-electron chi connectivity index (χ1n) is 9.45. The molecule has 2 N–H and O–H groups in total. The van der Waals surface area contributed by atoms with Gasteiger partial charge in [0, 0.05) is 38.9 Å². The van der Waals surface area contributed by atoms with Crippen molar-refractivity contribution < 1.29 is 4.79 Å². The zero-order chi connectivity index (χ0) is 19.9. The van der Waals surface area contributed by atoms with Crippen molar-refractivity contribution in [3.05, 3.63) is 101 Å². The summed E-state index contributed by atoms with van der Waals surface area (Å²) in [5.74, 6) is -0.0670. The Hall–Kier alpha value is -3.11. The van der Waals surface area contributed by atoms with Crippen LogP contribution in [0.1, 0.15) is 33.1 Å². The normalized spacial score (nSPS) is 11.7. The van der Waals surface area contributed by atoms with Gasteiger partial charge in [0.2, 0.25) is 0 Å². The lowest BCUT2D eigenvalue weighted by Gasteiger charge is -2.21. The van der Waals surface area contributed by atoms with Crippen molar-refractivity contribution >= 4 is 11.6 Å². The van der Waals surface area contributed by atoms with Gasteiger partial charge in [-0.15, -0.1) is 0 Å². The first-order chi connectivity index (χ1) is 13.6. The third-order valence-electron chi connectivity index (χ3n) is 4.83. The maximum atomic E-state index is 11.7. The van der Waals surface area contributed by atoms with E-state index in [1.807, 2.05) is 44.4 Å². The maximum absolute atomic E-state index is 11.7. The highest BCUT2D eigenvalue weighted by molar-refractivity contribution is 5.93. The number of nitrogens with one attached hydrogen (secondary N) is 2. The molecule has 0 spiro atoms. The first kappa shape index (κ1) is 19.6. The standard InChI is InChI=1S/C24H27N3O/c1-25-24(28)21-11-9-18(10-12-21)17-26-23(19-7-5-4-6-8-19)20-13-15-22(16-14-20)27(2)3/h4-16,23,26H,17H2,1-3H3,(H,25,28). The van der Waals surface area contributed by atoms with Crippen molar-refractivity contribution in [3.63, 3.8) is 0 Å². The van der Waals surface area contributed by atoms with E-state index in [2.05, 4.69) is 64.1 Å². The van der Waals surface area contributed by atoms with E-state index in [-0.39, 0.29) is 11.9 Å². The second-order valence-corrected chi connectivity index (χ2v) is 6.99. The molecule has 0 aliphatic carbocycles. The molecule has 4 heteroatoms. The van der Waals surface area contributed by atoms with Crippen LogP contribution in [0.5, 0.6) is 0 Å². The first-order valence-corrected chi connectivity index (χ1v) is 9.45. The van der Waals surface area contributed by atoms with Crippen molar-refractivity contribution in [2.24, 2.45) is 0 Å². The van der Waals surface area contributed by atoms with Crippen molar-refractivity contribution in [2.45, 2.75) is 12.6 Å². The number of rotatable bonds is 7. The molecule has 0 saturated carbocycles. The van der Waals surface area contributed by atoms with Gasteiger partial charge >= 0.3 is 0 Å². The third-order valence-corrected chi connectivity index (χ3v) is 4.83. The number of hydrogen-bond donors (Lipinski definition) is 2. The highest BCUT2D eigenvalue weighted by atomic mass is 16.1. The van der Waals surface area contributed by atoms with Gasteiger partial charge in [-0.2, -0.15) is 0 Å². The summed E-state index contributed by atoms with van der Waals surface area (Å²) in [5.41, 5.74) is 5.44. The molecule has 0 heterocycles. The number of benzene rings is 3. The molecule has 0 saturated heterocycles. The lowest BCUT2D eigenvalue weighted by atomic mass is 9.98. The molecular weight excluding hydrogens is 346 g/mol. The Morgan fingerprint density at radius 2 is 1.46 bits per heavy atom. The molecule has 0 fully saturated rings. The molecule has 4 nitrogen and oxygen atoms in total. The van der Waals surface area contributed by atoms with Gasteiger partial charge in [0.05, 0.1) is 6.04 Å². The molecule has 3 aromatic carbocycles. The Morgan fingerprint density at radius 1 is 0.857 bits per heavy atom. The van der Waals surface area contributed by atoms with Crippen molar-refractivity contribution in [2.75, 3.05) is 26.0 Å². The van der Waals surface area contributed by atoms with E-state index in [1.54, 1.807) is 7.05 Å². The quantitative estimate of drug-likeness (QED) is 0.658. The van der Waals surface area contributed by atoms with E-state index in [0.29, 0.717) is 12.1 Å². The van der Waals surface area contributed by atoms with Crippen LogP contribution in [-0.4, -0.2) is 27.1 Å². The van der Waals surface area contributed by atoms with Crippen LogP contribution in [0.2, 0.25) is 0 Å². The van der Waals surface area contributed by atoms with E-state index in [9.17, 15) is 4.79 Å². The molecule has 0 bridgehead atoms. The number of nitrogens with zero attached hydrogens (tertiary/aromatic N) is 1. The van der Waals surface area contributed by atoms with Crippen LogP contribution < -0.4 is 15.5 Å². The summed E-state index contributed by atoms with van der Waals surface area (Å²) in [6, 6.07) is 26.9. The number of hydrogen-bond acceptors (Lipinski definition) is 3. The zero-order valence-electron chi connectivity index (χ0n) is 16.6. The zero-order valence-corrected chi connectivity index (χ0v) is 16.6. The number of carbonyl (C=O) groups is 1. The van der Waals surface area contributed by atoms with E-state index in [1.165, 1.54) is 16.8 Å². The second kappa shape index (κ2) is 9.20. The Morgan fingerprint density at radius 3 is 2.04 bits per heavy atom. The molecule has 3 rings (SSSR count). The molecule has 0 aliphatic heterocycles. The minimum Gasteiger partial charge on any atom is -0.378 e. The molecule has 144 valence electrons. The monoisotopic (exact) mass is 373 g/mol. The molecule has 1 unspecified atom stereocenters. The number of carbonyl (C=O) groups excluding carboxylic acids is 1. The van der Waals surface area contributed by atoms with Crippen LogP contribution in [0.3, 0.4) is 0 Å². The molecule has 0 aromatic heterocycles. The van der Waals surface area contributed by atoms with Crippen LogP contribution in [0.25, 0.3) is 0 Å². The van der Waals surface area contributed by atoms with Crippen molar-refractivity contribution in [3.8, 4) is 0 Å². The smallest absolute Gasteiger partial charge is 0.251 e. The Bertz CT molecular complexity index is 887. The van der Waals surface area contributed by atoms with Crippen LogP contribution in [0, 0.1) is 0 Å². The summed E-state index contributed by atoms with van der Waals surface area (Å²) in [5, 5.41) is 6.31. The topological polar surface area (TPSA) is 44.4 Å². The Kier molecular flexibility index (Phi) is 6.45. The summed E-state index contributed by atoms with van der Waals surface area (Å²) in [6.45, 7) is 0.711. The van der Waals surface area contributed by atoms with Crippen LogP contribution in [0.4, 0.5) is 5.69 Å². The van der Waals surface area contributed by atoms with Gasteiger partial charge in [0.1, 0.15) is 0 Å². The summed E-state index contributed by atoms with van der Waals surface area (Å²) in [7, 11) is 5.73. The van der Waals surface area contributed by atoms with Crippen LogP contribution in [0.15, 0.2) is 78.9 Å². The summed E-state index contributed by atoms with van der Waals surface area (Å²) in [4.78, 5) is 13.8. The van der Waals surface area contributed by atoms with Crippen molar-refractivity contribution in [1.82, 2.24) is 10.6 Å². The van der Waals surface area contributed by atoms with Gasteiger partial charge in [0.15, 0.2) is 0 Å². The predicted molar refractivity (Wildman–Crippen MR) is 116 cm³/mol. The fraction of sp³-hybridized carbons (Fsp3) is 0.208. The van der Waals surface area contributed by atoms with Gasteiger partial charge < -0.3 is 15.5 Å². The minimum atomic E-state index is -0.0670. The lowest BCUT2D eigenvalue weighted by molar-refractivity contribution is 0.0963. The molecule has 0 aliphatic rings. The van der Waals surface area contributed by atoms with Crippen molar-refractivity contribution in [1.29, 1.82) is 0 Å². The molecule has 28 heavy (non-hydrogen) atoms.